The maximum absolute atomic E-state index is 15.1. The summed E-state index contributed by atoms with van der Waals surface area (Å²) in [5, 5.41) is 2.91. The van der Waals surface area contributed by atoms with Crippen LogP contribution < -0.4 is 19.9 Å². The fraction of sp³-hybridized carbons (Fsp3) is 0.393. The van der Waals surface area contributed by atoms with Crippen LogP contribution >= 0.6 is 0 Å². The summed E-state index contributed by atoms with van der Waals surface area (Å²) in [7, 11) is 4.12. The Morgan fingerprint density at radius 2 is 1.77 bits per heavy atom. The molecule has 0 saturated carbocycles. The number of fused-ring (bicyclic) bond motifs is 1. The van der Waals surface area contributed by atoms with Crippen LogP contribution in [0.2, 0.25) is 0 Å². The lowest BCUT2D eigenvalue weighted by atomic mass is 10.0. The third kappa shape index (κ3) is 5.36. The minimum absolute atomic E-state index is 0.0107. The lowest BCUT2D eigenvalue weighted by Gasteiger charge is -2.36. The summed E-state index contributed by atoms with van der Waals surface area (Å²) in [5.41, 5.74) is 1.06. The third-order valence-corrected chi connectivity index (χ3v) is 7.17. The zero-order valence-electron chi connectivity index (χ0n) is 22.3. The van der Waals surface area contributed by atoms with E-state index in [9.17, 15) is 13.6 Å². The number of anilines is 4. The van der Waals surface area contributed by atoms with Gasteiger partial charge >= 0.3 is 0 Å². The molecule has 5 rings (SSSR count). The Kier molecular flexibility index (Phi) is 7.35. The zero-order chi connectivity index (χ0) is 27.8. The smallest absolute Gasteiger partial charge is 0.265 e. The minimum atomic E-state index is -0.776. The van der Waals surface area contributed by atoms with E-state index in [0.29, 0.717) is 17.4 Å². The van der Waals surface area contributed by atoms with Crippen molar-refractivity contribution in [3.63, 3.8) is 0 Å². The van der Waals surface area contributed by atoms with E-state index >= 15 is 4.39 Å². The number of carbonyl (C=O) groups excluding carboxylic acids is 1. The van der Waals surface area contributed by atoms with Crippen molar-refractivity contribution < 1.29 is 22.7 Å². The number of halogens is 3. The van der Waals surface area contributed by atoms with E-state index in [4.69, 9.17) is 4.74 Å². The first kappa shape index (κ1) is 26.7. The van der Waals surface area contributed by atoms with Crippen LogP contribution in [0.25, 0.3) is 11.3 Å². The van der Waals surface area contributed by atoms with Crippen LogP contribution in [0, 0.1) is 17.5 Å². The van der Waals surface area contributed by atoms with Gasteiger partial charge in [-0.1, -0.05) is 0 Å². The van der Waals surface area contributed by atoms with Crippen molar-refractivity contribution in [1.29, 1.82) is 0 Å². The van der Waals surface area contributed by atoms with Gasteiger partial charge in [-0.3, -0.25) is 4.79 Å². The van der Waals surface area contributed by atoms with Gasteiger partial charge in [0.1, 0.15) is 11.5 Å². The average Bonchev–Trinajstić information content (AvgIpc) is 2.89. The molecule has 0 unspecified atom stereocenters. The molecule has 0 radical (unpaired) electrons. The van der Waals surface area contributed by atoms with Gasteiger partial charge in [-0.05, 0) is 71.1 Å². The van der Waals surface area contributed by atoms with Crippen molar-refractivity contribution in [1.82, 2.24) is 14.9 Å². The number of amides is 1. The Bertz CT molecular complexity index is 1390. The lowest BCUT2D eigenvalue weighted by Crippen LogP contribution is -2.43. The number of hydrogen-bond acceptors (Lipinski definition) is 7. The molecule has 2 aliphatic rings. The first-order valence-corrected chi connectivity index (χ1v) is 12.9. The molecular formula is C28H31F3N6O2. The highest BCUT2D eigenvalue weighted by molar-refractivity contribution is 5.99. The van der Waals surface area contributed by atoms with E-state index in [2.05, 4.69) is 34.3 Å². The molecule has 0 spiro atoms. The quantitative estimate of drug-likeness (QED) is 0.473. The van der Waals surface area contributed by atoms with Gasteiger partial charge in [0.05, 0.1) is 17.6 Å². The summed E-state index contributed by atoms with van der Waals surface area (Å²) in [5.74, 6) is -2.28. The lowest BCUT2D eigenvalue weighted by molar-refractivity contribution is -0.121. The standard InChI is InChI=1S/C28H31F3N6O2/c1-16(2)37-24-12-17(11-21(30)27(24)39-15-25(37)38)26-22(31)14-32-28(34-26)33-18-5-6-23(20(29)13-18)36-9-7-19(8-10-36)35(3)4/h5-6,11-14,16,19H,7-10,15H2,1-4H3,(H,32,33,34). The molecule has 1 N–H and O–H groups in total. The minimum Gasteiger partial charge on any atom is -0.478 e. The number of carbonyl (C=O) groups is 1. The molecule has 3 heterocycles. The van der Waals surface area contributed by atoms with E-state index in [0.717, 1.165) is 38.2 Å². The molecule has 3 aromatic rings. The third-order valence-electron chi connectivity index (χ3n) is 7.17. The molecule has 0 bridgehead atoms. The van der Waals surface area contributed by atoms with Crippen molar-refractivity contribution in [2.45, 2.75) is 38.8 Å². The first-order valence-electron chi connectivity index (χ1n) is 12.9. The second kappa shape index (κ2) is 10.7. The number of nitrogens with zero attached hydrogens (tertiary/aromatic N) is 5. The maximum atomic E-state index is 15.1. The van der Waals surface area contributed by atoms with Crippen molar-refractivity contribution in [3.05, 3.63) is 54.0 Å². The SMILES string of the molecule is CC(C)N1C(=O)COc2c(F)cc(-c3nc(Nc4ccc(N5CCC(N(C)C)CC5)c(F)c4)ncc3F)cc21. The van der Waals surface area contributed by atoms with E-state index < -0.39 is 11.6 Å². The number of hydrogen-bond donors (Lipinski definition) is 1. The number of piperidine rings is 1. The zero-order valence-corrected chi connectivity index (χ0v) is 22.3. The summed E-state index contributed by atoms with van der Waals surface area (Å²) in [6, 6.07) is 7.57. The number of nitrogens with one attached hydrogen (secondary N) is 1. The van der Waals surface area contributed by atoms with Crippen LogP contribution in [0.3, 0.4) is 0 Å². The van der Waals surface area contributed by atoms with Gasteiger partial charge in [-0.2, -0.15) is 0 Å². The molecule has 39 heavy (non-hydrogen) atoms. The number of ether oxygens (including phenoxy) is 1. The molecule has 1 fully saturated rings. The second-order valence-corrected chi connectivity index (χ2v) is 10.3. The van der Waals surface area contributed by atoms with Gasteiger partial charge in [0, 0.05) is 36.4 Å². The highest BCUT2D eigenvalue weighted by atomic mass is 19.1. The van der Waals surface area contributed by atoms with E-state index in [1.807, 2.05) is 4.90 Å². The van der Waals surface area contributed by atoms with Crippen LogP contribution in [0.15, 0.2) is 36.5 Å². The van der Waals surface area contributed by atoms with Crippen molar-refractivity contribution in [2.75, 3.05) is 48.9 Å². The Hall–Kier alpha value is -3.86. The Morgan fingerprint density at radius 1 is 1.03 bits per heavy atom. The van der Waals surface area contributed by atoms with Gasteiger partial charge < -0.3 is 24.8 Å². The second-order valence-electron chi connectivity index (χ2n) is 10.3. The fourth-order valence-electron chi connectivity index (χ4n) is 5.16. The summed E-state index contributed by atoms with van der Waals surface area (Å²) in [6.07, 6.45) is 2.87. The summed E-state index contributed by atoms with van der Waals surface area (Å²) >= 11 is 0. The molecule has 1 saturated heterocycles. The van der Waals surface area contributed by atoms with Crippen LogP contribution in [0.1, 0.15) is 26.7 Å². The van der Waals surface area contributed by atoms with Crippen LogP contribution in [0.4, 0.5) is 36.2 Å². The molecule has 2 aliphatic heterocycles. The van der Waals surface area contributed by atoms with Crippen LogP contribution in [-0.4, -0.2) is 66.7 Å². The van der Waals surface area contributed by atoms with Gasteiger partial charge in [-0.15, -0.1) is 0 Å². The van der Waals surface area contributed by atoms with Gasteiger partial charge in [-0.25, -0.2) is 23.1 Å². The van der Waals surface area contributed by atoms with E-state index in [1.165, 1.54) is 17.0 Å². The molecule has 2 aromatic carbocycles. The molecule has 1 aromatic heterocycles. The maximum Gasteiger partial charge on any atom is 0.265 e. The Labute approximate surface area is 225 Å². The topological polar surface area (TPSA) is 73.8 Å². The first-order chi connectivity index (χ1) is 18.6. The molecule has 11 heteroatoms. The predicted molar refractivity (Wildman–Crippen MR) is 144 cm³/mol. The fourth-order valence-corrected chi connectivity index (χ4v) is 5.16. The molecule has 8 nitrogen and oxygen atoms in total. The number of aromatic nitrogens is 2. The van der Waals surface area contributed by atoms with Crippen LogP contribution in [-0.2, 0) is 4.79 Å². The average molecular weight is 541 g/mol. The molecule has 0 aliphatic carbocycles. The number of benzene rings is 2. The van der Waals surface area contributed by atoms with Gasteiger partial charge in [0.25, 0.3) is 5.91 Å². The summed E-state index contributed by atoms with van der Waals surface area (Å²) in [4.78, 5) is 26.3. The normalized spacial score (nSPS) is 16.1. The Morgan fingerprint density at radius 3 is 2.44 bits per heavy atom. The van der Waals surface area contributed by atoms with E-state index in [1.54, 1.807) is 26.0 Å². The molecule has 206 valence electrons. The van der Waals surface area contributed by atoms with E-state index in [-0.39, 0.29) is 53.0 Å². The summed E-state index contributed by atoms with van der Waals surface area (Å²) in [6.45, 7) is 4.83. The van der Waals surface area contributed by atoms with Gasteiger partial charge in [0.2, 0.25) is 5.95 Å². The Balaban J connectivity index is 1.39. The largest absolute Gasteiger partial charge is 0.478 e. The highest BCUT2D eigenvalue weighted by Crippen LogP contribution is 2.40. The van der Waals surface area contributed by atoms with Crippen molar-refractivity contribution in [3.8, 4) is 17.0 Å². The molecular weight excluding hydrogens is 509 g/mol. The highest BCUT2D eigenvalue weighted by Gasteiger charge is 2.31. The molecule has 0 atom stereocenters. The van der Waals surface area contributed by atoms with Gasteiger partial charge in [0.15, 0.2) is 24.0 Å². The van der Waals surface area contributed by atoms with Crippen molar-refractivity contribution >= 4 is 28.9 Å². The predicted octanol–water partition coefficient (Wildman–Crippen LogP) is 4.97. The van der Waals surface area contributed by atoms with Crippen molar-refractivity contribution in [2.24, 2.45) is 0 Å². The summed E-state index contributed by atoms with van der Waals surface area (Å²) < 4.78 is 50.2. The monoisotopic (exact) mass is 540 g/mol. The number of rotatable bonds is 6. The molecule has 1 amide bonds. The van der Waals surface area contributed by atoms with Crippen LogP contribution in [0.5, 0.6) is 5.75 Å².